The van der Waals surface area contributed by atoms with Gasteiger partial charge in [-0.15, -0.1) is 12.4 Å². The fourth-order valence-corrected chi connectivity index (χ4v) is 4.20. The molecule has 1 aliphatic heterocycles. The van der Waals surface area contributed by atoms with E-state index in [-0.39, 0.29) is 12.4 Å². The molecule has 1 N–H and O–H groups in total. The summed E-state index contributed by atoms with van der Waals surface area (Å²) in [5.41, 5.74) is 2.43. The number of benzene rings is 2. The van der Waals surface area contributed by atoms with Crippen molar-refractivity contribution in [2.24, 2.45) is 5.92 Å². The molecule has 1 saturated heterocycles. The Hall–Kier alpha value is -1.56. The minimum Gasteiger partial charge on any atom is -0.314 e. The van der Waals surface area contributed by atoms with Gasteiger partial charge in [0.2, 0.25) is 0 Å². The number of hydrogen-bond donors (Lipinski definition) is 1. The van der Waals surface area contributed by atoms with Gasteiger partial charge in [0.05, 0.1) is 5.56 Å². The Morgan fingerprint density at radius 2 is 1.45 bits per heavy atom. The van der Waals surface area contributed by atoms with E-state index in [0.29, 0.717) is 12.0 Å². The van der Waals surface area contributed by atoms with Gasteiger partial charge in [0.1, 0.15) is 0 Å². The van der Waals surface area contributed by atoms with Crippen LogP contribution in [0.5, 0.6) is 0 Å². The molecular formula is C23H30ClF3N2. The summed E-state index contributed by atoms with van der Waals surface area (Å²) in [5, 5.41) is 3.42. The van der Waals surface area contributed by atoms with Crippen molar-refractivity contribution >= 4 is 12.4 Å². The van der Waals surface area contributed by atoms with Crippen LogP contribution in [0.2, 0.25) is 0 Å². The average molecular weight is 427 g/mol. The van der Waals surface area contributed by atoms with Crippen molar-refractivity contribution < 1.29 is 13.2 Å². The molecule has 29 heavy (non-hydrogen) atoms. The summed E-state index contributed by atoms with van der Waals surface area (Å²) < 4.78 is 38.3. The van der Waals surface area contributed by atoms with Gasteiger partial charge in [0.25, 0.3) is 0 Å². The van der Waals surface area contributed by atoms with Crippen LogP contribution in [0.1, 0.15) is 43.9 Å². The highest BCUT2D eigenvalue weighted by Crippen LogP contribution is 2.34. The maximum Gasteiger partial charge on any atom is 0.416 e. The average Bonchev–Trinajstić information content (AvgIpc) is 2.69. The minimum absolute atomic E-state index is 0. The third kappa shape index (κ3) is 5.97. The second-order valence-corrected chi connectivity index (χ2v) is 7.69. The number of hydrogen-bond acceptors (Lipinski definition) is 2. The quantitative estimate of drug-likeness (QED) is 0.593. The normalized spacial score (nSPS) is 17.4. The Balaban J connectivity index is 0.00000300. The predicted octanol–water partition coefficient (Wildman–Crippen LogP) is 6.18. The molecule has 6 heteroatoms. The zero-order chi connectivity index (χ0) is 20.1. The van der Waals surface area contributed by atoms with Crippen molar-refractivity contribution in [3.8, 4) is 11.1 Å². The molecule has 0 amide bonds. The largest absolute Gasteiger partial charge is 0.416 e. The number of nitrogens with zero attached hydrogens (tertiary/aromatic N) is 1. The molecular weight excluding hydrogens is 397 g/mol. The van der Waals surface area contributed by atoms with E-state index in [1.807, 2.05) is 12.1 Å². The van der Waals surface area contributed by atoms with Crippen LogP contribution >= 0.6 is 12.4 Å². The molecule has 0 radical (unpaired) electrons. The lowest BCUT2D eigenvalue weighted by atomic mass is 9.88. The highest BCUT2D eigenvalue weighted by Gasteiger charge is 2.30. The summed E-state index contributed by atoms with van der Waals surface area (Å²) in [7, 11) is 0. The van der Waals surface area contributed by atoms with Crippen LogP contribution in [0.3, 0.4) is 0 Å². The Kier molecular flexibility index (Phi) is 8.56. The number of piperazine rings is 1. The van der Waals surface area contributed by atoms with E-state index >= 15 is 0 Å². The Bertz CT molecular complexity index is 738. The molecule has 1 aliphatic rings. The van der Waals surface area contributed by atoms with Crippen LogP contribution in [0.4, 0.5) is 13.2 Å². The van der Waals surface area contributed by atoms with Crippen molar-refractivity contribution in [3.05, 3.63) is 59.7 Å². The van der Waals surface area contributed by atoms with E-state index in [0.717, 1.165) is 55.9 Å². The maximum absolute atomic E-state index is 12.8. The zero-order valence-corrected chi connectivity index (χ0v) is 17.8. The highest BCUT2D eigenvalue weighted by atomic mass is 35.5. The number of rotatable bonds is 6. The molecule has 2 aromatic rings. The van der Waals surface area contributed by atoms with Gasteiger partial charge in [0.15, 0.2) is 0 Å². The van der Waals surface area contributed by atoms with Crippen LogP contribution in [-0.2, 0) is 6.18 Å². The second-order valence-electron chi connectivity index (χ2n) is 7.69. The van der Waals surface area contributed by atoms with Crippen molar-refractivity contribution in [1.82, 2.24) is 10.2 Å². The summed E-state index contributed by atoms with van der Waals surface area (Å²) >= 11 is 0. The van der Waals surface area contributed by atoms with Gasteiger partial charge in [0, 0.05) is 32.2 Å². The summed E-state index contributed by atoms with van der Waals surface area (Å²) in [4.78, 5) is 2.56. The first-order valence-electron chi connectivity index (χ1n) is 10.1. The van der Waals surface area contributed by atoms with Crippen LogP contribution in [0, 0.1) is 5.92 Å². The van der Waals surface area contributed by atoms with E-state index in [1.165, 1.54) is 12.0 Å². The van der Waals surface area contributed by atoms with Crippen molar-refractivity contribution in [2.45, 2.75) is 38.9 Å². The molecule has 2 atom stereocenters. The smallest absolute Gasteiger partial charge is 0.314 e. The summed E-state index contributed by atoms with van der Waals surface area (Å²) in [5.74, 6) is 0.556. The first kappa shape index (κ1) is 23.7. The van der Waals surface area contributed by atoms with E-state index in [4.69, 9.17) is 0 Å². The Morgan fingerprint density at radius 1 is 0.931 bits per heavy atom. The molecule has 1 unspecified atom stereocenters. The molecule has 160 valence electrons. The zero-order valence-electron chi connectivity index (χ0n) is 17.0. The molecule has 3 rings (SSSR count). The van der Waals surface area contributed by atoms with Crippen molar-refractivity contribution in [2.75, 3.05) is 26.2 Å². The monoisotopic (exact) mass is 426 g/mol. The van der Waals surface area contributed by atoms with Crippen LogP contribution in [-0.4, -0.2) is 31.1 Å². The number of alkyl halides is 3. The van der Waals surface area contributed by atoms with Gasteiger partial charge in [-0.1, -0.05) is 56.7 Å². The molecule has 0 bridgehead atoms. The van der Waals surface area contributed by atoms with Gasteiger partial charge in [-0.2, -0.15) is 13.2 Å². The van der Waals surface area contributed by atoms with Gasteiger partial charge in [-0.3, -0.25) is 4.90 Å². The Labute approximate surface area is 177 Å². The molecule has 0 aliphatic carbocycles. The lowest BCUT2D eigenvalue weighted by molar-refractivity contribution is -0.137. The molecule has 0 saturated carbocycles. The Morgan fingerprint density at radius 3 is 1.93 bits per heavy atom. The summed E-state index contributed by atoms with van der Waals surface area (Å²) in [6.45, 7) is 8.65. The molecule has 0 aromatic heterocycles. The SMILES string of the molecule is CCCC(C)[C@@H](c1ccc(-c2ccc(C(F)(F)F)cc2)cc1)N1CCNCC1.Cl. The number of halogens is 4. The van der Waals surface area contributed by atoms with E-state index in [1.54, 1.807) is 12.1 Å². The first-order valence-corrected chi connectivity index (χ1v) is 10.1. The fourth-order valence-electron chi connectivity index (χ4n) is 4.20. The van der Waals surface area contributed by atoms with E-state index in [2.05, 4.69) is 36.2 Å². The maximum atomic E-state index is 12.8. The molecule has 1 heterocycles. The van der Waals surface area contributed by atoms with Gasteiger partial charge in [-0.05, 0) is 41.2 Å². The lowest BCUT2D eigenvalue weighted by Crippen LogP contribution is -2.46. The standard InChI is InChI=1S/C23H29F3N2.ClH/c1-3-4-17(2)22(28-15-13-27-14-16-28)20-7-5-18(6-8-20)19-9-11-21(12-10-19)23(24,25)26;/h5-12,17,22,27H,3-4,13-16H2,1-2H3;1H/t17?,22-;/m0./s1. The number of nitrogens with one attached hydrogen (secondary N) is 1. The van der Waals surface area contributed by atoms with E-state index in [9.17, 15) is 13.2 Å². The van der Waals surface area contributed by atoms with Crippen LogP contribution in [0.25, 0.3) is 11.1 Å². The molecule has 2 nitrogen and oxygen atoms in total. The van der Waals surface area contributed by atoms with Crippen LogP contribution < -0.4 is 5.32 Å². The van der Waals surface area contributed by atoms with Gasteiger partial charge < -0.3 is 5.32 Å². The molecule has 0 spiro atoms. The topological polar surface area (TPSA) is 15.3 Å². The van der Waals surface area contributed by atoms with Gasteiger partial charge >= 0.3 is 6.18 Å². The summed E-state index contributed by atoms with van der Waals surface area (Å²) in [6.07, 6.45) is -1.96. The summed E-state index contributed by atoms with van der Waals surface area (Å²) in [6, 6.07) is 14.1. The first-order chi connectivity index (χ1) is 13.4. The third-order valence-electron chi connectivity index (χ3n) is 5.63. The lowest BCUT2D eigenvalue weighted by Gasteiger charge is -2.38. The van der Waals surface area contributed by atoms with E-state index < -0.39 is 11.7 Å². The molecule has 2 aromatic carbocycles. The third-order valence-corrected chi connectivity index (χ3v) is 5.63. The predicted molar refractivity (Wildman–Crippen MR) is 115 cm³/mol. The van der Waals surface area contributed by atoms with Crippen LogP contribution in [0.15, 0.2) is 48.5 Å². The fraction of sp³-hybridized carbons (Fsp3) is 0.478. The van der Waals surface area contributed by atoms with Crippen molar-refractivity contribution in [3.63, 3.8) is 0 Å². The van der Waals surface area contributed by atoms with Crippen molar-refractivity contribution in [1.29, 1.82) is 0 Å². The second kappa shape index (κ2) is 10.5. The molecule has 1 fully saturated rings. The highest BCUT2D eigenvalue weighted by molar-refractivity contribution is 5.85. The minimum atomic E-state index is -4.30. The van der Waals surface area contributed by atoms with Gasteiger partial charge in [-0.25, -0.2) is 0 Å².